The van der Waals surface area contributed by atoms with Gasteiger partial charge >= 0.3 is 18.9 Å². The number of hydrogen-bond acceptors (Lipinski definition) is 1. The number of hydrogen-bond donors (Lipinski definition) is 0. The Kier molecular flexibility index (Phi) is 5.54. The SMILES string of the molecule is COc1[c-]cc(Br)cc1Br.[Li+]. The van der Waals surface area contributed by atoms with Crippen LogP contribution in [0.15, 0.2) is 21.1 Å². The Bertz CT molecular complexity index is 240. The number of halogens is 2. The maximum atomic E-state index is 4.98. The van der Waals surface area contributed by atoms with Gasteiger partial charge in [-0.15, -0.1) is 44.0 Å². The molecule has 0 amide bonds. The molecule has 0 saturated carbocycles. The van der Waals surface area contributed by atoms with Gasteiger partial charge in [-0.1, -0.05) is 4.47 Å². The second kappa shape index (κ2) is 5.26. The van der Waals surface area contributed by atoms with Gasteiger partial charge in [-0.3, -0.25) is 0 Å². The quantitative estimate of drug-likeness (QED) is 0.517. The number of ether oxygens (including phenoxy) is 1. The van der Waals surface area contributed by atoms with Crippen molar-refractivity contribution in [3.8, 4) is 5.75 Å². The van der Waals surface area contributed by atoms with Crippen molar-refractivity contribution in [1.82, 2.24) is 0 Å². The standard InChI is InChI=1S/C7H5Br2O.Li/c1-10-7-3-2-5(8)4-6(7)9;/h2,4H,1H3;/q-1;+1. The Balaban J connectivity index is 0.000001000. The molecule has 0 bridgehead atoms. The van der Waals surface area contributed by atoms with Gasteiger partial charge in [-0.05, 0) is 4.47 Å². The van der Waals surface area contributed by atoms with Crippen molar-refractivity contribution in [2.45, 2.75) is 0 Å². The first kappa shape index (κ1) is 11.6. The molecule has 0 N–H and O–H groups in total. The average Bonchev–Trinajstić information content (AvgIpc) is 1.88. The van der Waals surface area contributed by atoms with E-state index < -0.39 is 0 Å². The Morgan fingerprint density at radius 2 is 2.09 bits per heavy atom. The van der Waals surface area contributed by atoms with Crippen molar-refractivity contribution in [2.75, 3.05) is 7.11 Å². The first-order valence-corrected chi connectivity index (χ1v) is 4.23. The van der Waals surface area contributed by atoms with Gasteiger partial charge in [0.1, 0.15) is 0 Å². The molecule has 0 aliphatic heterocycles. The summed E-state index contributed by atoms with van der Waals surface area (Å²) in [4.78, 5) is 0. The summed E-state index contributed by atoms with van der Waals surface area (Å²) in [6.45, 7) is 0. The summed E-state index contributed by atoms with van der Waals surface area (Å²) in [5.41, 5.74) is 0. The minimum atomic E-state index is 0. The van der Waals surface area contributed by atoms with E-state index in [0.717, 1.165) is 14.7 Å². The zero-order valence-corrected chi connectivity index (χ0v) is 9.49. The van der Waals surface area contributed by atoms with Crippen LogP contribution in [0, 0.1) is 6.07 Å². The molecule has 0 aliphatic carbocycles. The molecule has 0 unspecified atom stereocenters. The molecule has 0 saturated heterocycles. The first-order valence-electron chi connectivity index (χ1n) is 2.65. The van der Waals surface area contributed by atoms with Gasteiger partial charge in [0, 0.05) is 5.75 Å². The molecule has 1 nitrogen and oxygen atoms in total. The smallest absolute Gasteiger partial charge is 0.522 e. The zero-order valence-electron chi connectivity index (χ0n) is 6.32. The van der Waals surface area contributed by atoms with Crippen LogP contribution < -0.4 is 23.6 Å². The Morgan fingerprint density at radius 3 is 2.55 bits per heavy atom. The van der Waals surface area contributed by atoms with Crippen LogP contribution in [0.3, 0.4) is 0 Å². The van der Waals surface area contributed by atoms with E-state index in [2.05, 4.69) is 37.9 Å². The molecule has 0 aromatic heterocycles. The molecule has 1 aromatic rings. The molecule has 1 rings (SSSR count). The summed E-state index contributed by atoms with van der Waals surface area (Å²) >= 11 is 6.63. The monoisotopic (exact) mass is 270 g/mol. The van der Waals surface area contributed by atoms with Gasteiger partial charge < -0.3 is 4.74 Å². The molecule has 1 aromatic carbocycles. The van der Waals surface area contributed by atoms with Crippen LogP contribution in [0.25, 0.3) is 0 Å². The van der Waals surface area contributed by atoms with Crippen molar-refractivity contribution in [3.05, 3.63) is 27.1 Å². The maximum Gasteiger partial charge on any atom is 1.00 e. The fraction of sp³-hybridized carbons (Fsp3) is 0.143. The number of benzene rings is 1. The van der Waals surface area contributed by atoms with E-state index in [0.29, 0.717) is 0 Å². The molecular weight excluding hydrogens is 267 g/mol. The maximum absolute atomic E-state index is 4.98. The van der Waals surface area contributed by atoms with Gasteiger partial charge in [0.25, 0.3) is 0 Å². The molecule has 4 heteroatoms. The molecule has 0 radical (unpaired) electrons. The zero-order chi connectivity index (χ0) is 7.56. The fourth-order valence-electron chi connectivity index (χ4n) is 0.588. The van der Waals surface area contributed by atoms with Crippen LogP contribution in [0.4, 0.5) is 0 Å². The van der Waals surface area contributed by atoms with E-state index >= 15 is 0 Å². The summed E-state index contributed by atoms with van der Waals surface area (Å²) in [6, 6.07) is 6.66. The second-order valence-electron chi connectivity index (χ2n) is 1.70. The third-order valence-electron chi connectivity index (χ3n) is 1.03. The van der Waals surface area contributed by atoms with Crippen molar-refractivity contribution in [3.63, 3.8) is 0 Å². The minimum absolute atomic E-state index is 0. The van der Waals surface area contributed by atoms with Crippen LogP contribution in [-0.2, 0) is 0 Å². The summed E-state index contributed by atoms with van der Waals surface area (Å²) in [5, 5.41) is 0. The van der Waals surface area contributed by atoms with Gasteiger partial charge in [0.05, 0.1) is 7.11 Å². The normalized spacial score (nSPS) is 8.64. The van der Waals surface area contributed by atoms with E-state index in [1.807, 2.05) is 12.1 Å². The van der Waals surface area contributed by atoms with Gasteiger partial charge in [0.2, 0.25) is 0 Å². The van der Waals surface area contributed by atoms with E-state index in [1.165, 1.54) is 0 Å². The van der Waals surface area contributed by atoms with Crippen LogP contribution in [-0.4, -0.2) is 7.11 Å². The Morgan fingerprint density at radius 1 is 1.45 bits per heavy atom. The first-order chi connectivity index (χ1) is 4.74. The van der Waals surface area contributed by atoms with Crippen molar-refractivity contribution >= 4 is 31.9 Å². The molecule has 0 heterocycles. The fourth-order valence-corrected chi connectivity index (χ4v) is 1.76. The van der Waals surface area contributed by atoms with Crippen molar-refractivity contribution < 1.29 is 23.6 Å². The third-order valence-corrected chi connectivity index (χ3v) is 2.07. The van der Waals surface area contributed by atoms with Crippen LogP contribution in [0.2, 0.25) is 0 Å². The van der Waals surface area contributed by atoms with Crippen LogP contribution in [0.5, 0.6) is 5.75 Å². The van der Waals surface area contributed by atoms with Gasteiger partial charge in [-0.25, -0.2) is 0 Å². The summed E-state index contributed by atoms with van der Waals surface area (Å²) in [5.74, 6) is 0.725. The van der Waals surface area contributed by atoms with E-state index in [1.54, 1.807) is 7.11 Å². The number of rotatable bonds is 1. The van der Waals surface area contributed by atoms with Crippen LogP contribution in [0.1, 0.15) is 0 Å². The molecule has 54 valence electrons. The Hall–Kier alpha value is 0.577. The van der Waals surface area contributed by atoms with Crippen molar-refractivity contribution in [1.29, 1.82) is 0 Å². The largest absolute Gasteiger partial charge is 1.00 e. The second-order valence-corrected chi connectivity index (χ2v) is 3.47. The molecule has 11 heavy (non-hydrogen) atoms. The van der Waals surface area contributed by atoms with Crippen LogP contribution >= 0.6 is 31.9 Å². The van der Waals surface area contributed by atoms with E-state index in [9.17, 15) is 0 Å². The van der Waals surface area contributed by atoms with E-state index in [4.69, 9.17) is 4.74 Å². The summed E-state index contributed by atoms with van der Waals surface area (Å²) < 4.78 is 6.87. The predicted molar refractivity (Wildman–Crippen MR) is 47.2 cm³/mol. The Labute approximate surface area is 94.9 Å². The van der Waals surface area contributed by atoms with Gasteiger partial charge in [-0.2, -0.15) is 6.07 Å². The van der Waals surface area contributed by atoms with Gasteiger partial charge in [0.15, 0.2) is 0 Å². The minimum Gasteiger partial charge on any atom is -0.522 e. The van der Waals surface area contributed by atoms with Crippen molar-refractivity contribution in [2.24, 2.45) is 0 Å². The molecular formula is C7H5Br2LiO. The molecule has 0 fully saturated rings. The summed E-state index contributed by atoms with van der Waals surface area (Å²) in [6.07, 6.45) is 0. The molecule has 0 atom stereocenters. The topological polar surface area (TPSA) is 9.23 Å². The average molecular weight is 272 g/mol. The number of methoxy groups -OCH3 is 1. The third kappa shape index (κ3) is 3.21. The molecule has 0 spiro atoms. The predicted octanol–water partition coefficient (Wildman–Crippen LogP) is 0.0244. The molecule has 0 aliphatic rings. The summed E-state index contributed by atoms with van der Waals surface area (Å²) in [7, 11) is 1.62. The van der Waals surface area contributed by atoms with E-state index in [-0.39, 0.29) is 18.9 Å².